The van der Waals surface area contributed by atoms with Crippen LogP contribution in [-0.4, -0.2) is 28.5 Å². The molecule has 2 aromatic carbocycles. The molecule has 0 bridgehead atoms. The minimum atomic E-state index is -1.09. The van der Waals surface area contributed by atoms with Crippen LogP contribution in [0.5, 0.6) is 0 Å². The first-order valence-corrected chi connectivity index (χ1v) is 10.1. The summed E-state index contributed by atoms with van der Waals surface area (Å²) in [5.74, 6) is -0.829. The number of aromatic amines is 1. The molecule has 0 saturated heterocycles. The summed E-state index contributed by atoms with van der Waals surface area (Å²) in [6.45, 7) is 6.82. The number of carboxylic acid groups (broad SMARTS) is 1. The van der Waals surface area contributed by atoms with E-state index >= 15 is 0 Å². The summed E-state index contributed by atoms with van der Waals surface area (Å²) in [5.41, 5.74) is 3.16. The number of aromatic carboxylic acids is 1. The third-order valence-electron chi connectivity index (χ3n) is 5.03. The number of fused-ring (bicyclic) bond motifs is 1. The van der Waals surface area contributed by atoms with Crippen LogP contribution in [0.1, 0.15) is 54.7 Å². The first-order valence-electron chi connectivity index (χ1n) is 9.75. The standard InChI is InChI=1S/C23H25ClN2O3/c1-4-11-26(17-8-5-15(6-9-17)14(2)3)21(27)13-19-18-12-16(24)7-10-20(18)25-22(19)23(28)29/h5-10,12,14,25H,4,11,13H2,1-3H3,(H,28,29). The molecular formula is C23H25ClN2O3. The minimum Gasteiger partial charge on any atom is -0.477 e. The lowest BCUT2D eigenvalue weighted by atomic mass is 10.0. The molecule has 0 aliphatic rings. The second kappa shape index (κ2) is 8.70. The molecule has 0 unspecified atom stereocenters. The largest absolute Gasteiger partial charge is 0.477 e. The predicted octanol–water partition coefficient (Wildman–Crippen LogP) is 5.63. The fourth-order valence-corrected chi connectivity index (χ4v) is 3.67. The molecule has 2 N–H and O–H groups in total. The van der Waals surface area contributed by atoms with Crippen molar-refractivity contribution in [3.05, 3.63) is 64.3 Å². The Hall–Kier alpha value is -2.79. The number of hydrogen-bond acceptors (Lipinski definition) is 2. The van der Waals surface area contributed by atoms with Crippen molar-refractivity contribution in [1.29, 1.82) is 0 Å². The molecule has 29 heavy (non-hydrogen) atoms. The van der Waals surface area contributed by atoms with Gasteiger partial charge in [0.05, 0.1) is 6.42 Å². The number of aromatic nitrogens is 1. The maximum atomic E-state index is 13.2. The van der Waals surface area contributed by atoms with Crippen molar-refractivity contribution in [2.45, 2.75) is 39.5 Å². The van der Waals surface area contributed by atoms with E-state index in [4.69, 9.17) is 11.6 Å². The number of benzene rings is 2. The maximum absolute atomic E-state index is 13.2. The summed E-state index contributed by atoms with van der Waals surface area (Å²) < 4.78 is 0. The van der Waals surface area contributed by atoms with Gasteiger partial charge in [-0.25, -0.2) is 4.79 Å². The molecule has 0 spiro atoms. The Balaban J connectivity index is 1.97. The Morgan fingerprint density at radius 2 is 1.83 bits per heavy atom. The van der Waals surface area contributed by atoms with E-state index in [1.165, 1.54) is 5.56 Å². The summed E-state index contributed by atoms with van der Waals surface area (Å²) in [6, 6.07) is 13.1. The summed E-state index contributed by atoms with van der Waals surface area (Å²) >= 11 is 6.11. The van der Waals surface area contributed by atoms with Gasteiger partial charge in [-0.3, -0.25) is 4.79 Å². The fraction of sp³-hybridized carbons (Fsp3) is 0.304. The molecule has 0 radical (unpaired) electrons. The Labute approximate surface area is 175 Å². The van der Waals surface area contributed by atoms with Crippen LogP contribution in [0.2, 0.25) is 5.02 Å². The molecule has 0 saturated carbocycles. The number of hydrogen-bond donors (Lipinski definition) is 2. The average Bonchev–Trinajstić information content (AvgIpc) is 3.04. The highest BCUT2D eigenvalue weighted by molar-refractivity contribution is 6.31. The van der Waals surface area contributed by atoms with Crippen molar-refractivity contribution in [3.8, 4) is 0 Å². The molecule has 3 aromatic rings. The monoisotopic (exact) mass is 412 g/mol. The quantitative estimate of drug-likeness (QED) is 0.528. The van der Waals surface area contributed by atoms with E-state index in [-0.39, 0.29) is 18.0 Å². The second-order valence-electron chi connectivity index (χ2n) is 7.44. The van der Waals surface area contributed by atoms with Crippen molar-refractivity contribution in [3.63, 3.8) is 0 Å². The highest BCUT2D eigenvalue weighted by Gasteiger charge is 2.23. The van der Waals surface area contributed by atoms with E-state index in [2.05, 4.69) is 18.8 Å². The van der Waals surface area contributed by atoms with Crippen LogP contribution in [0.4, 0.5) is 5.69 Å². The van der Waals surface area contributed by atoms with Gasteiger partial charge in [-0.2, -0.15) is 0 Å². The number of rotatable bonds is 7. The highest BCUT2D eigenvalue weighted by Crippen LogP contribution is 2.28. The molecule has 1 heterocycles. The molecule has 0 aliphatic heterocycles. The van der Waals surface area contributed by atoms with E-state index < -0.39 is 5.97 Å². The van der Waals surface area contributed by atoms with E-state index in [1.54, 1.807) is 23.1 Å². The van der Waals surface area contributed by atoms with Crippen LogP contribution >= 0.6 is 11.6 Å². The summed E-state index contributed by atoms with van der Waals surface area (Å²) in [7, 11) is 0. The topological polar surface area (TPSA) is 73.4 Å². The molecule has 3 rings (SSSR count). The highest BCUT2D eigenvalue weighted by atomic mass is 35.5. The number of anilines is 1. The van der Waals surface area contributed by atoms with E-state index in [0.29, 0.717) is 34.0 Å². The second-order valence-corrected chi connectivity index (χ2v) is 7.88. The molecular weight excluding hydrogens is 388 g/mol. The normalized spacial score (nSPS) is 11.2. The van der Waals surface area contributed by atoms with Gasteiger partial charge in [-0.1, -0.05) is 44.5 Å². The summed E-state index contributed by atoms with van der Waals surface area (Å²) in [5, 5.41) is 10.8. The van der Waals surface area contributed by atoms with Gasteiger partial charge < -0.3 is 15.0 Å². The first kappa shape index (κ1) is 20.9. The van der Waals surface area contributed by atoms with Crippen LogP contribution in [0, 0.1) is 0 Å². The molecule has 1 amide bonds. The van der Waals surface area contributed by atoms with Gasteiger partial charge >= 0.3 is 5.97 Å². The number of carboxylic acids is 1. The summed E-state index contributed by atoms with van der Waals surface area (Å²) in [6.07, 6.45) is 0.775. The first-order chi connectivity index (χ1) is 13.8. The third-order valence-corrected chi connectivity index (χ3v) is 5.26. The van der Waals surface area contributed by atoms with Crippen molar-refractivity contribution in [1.82, 2.24) is 4.98 Å². The molecule has 1 aromatic heterocycles. The molecule has 0 atom stereocenters. The number of H-pyrrole nitrogens is 1. The lowest BCUT2D eigenvalue weighted by Gasteiger charge is -2.23. The Kier molecular flexibility index (Phi) is 6.28. The molecule has 5 nitrogen and oxygen atoms in total. The van der Waals surface area contributed by atoms with Gasteiger partial charge in [0.1, 0.15) is 5.69 Å². The SMILES string of the molecule is CCCN(C(=O)Cc1c(C(=O)O)[nH]c2ccc(Cl)cc12)c1ccc(C(C)C)cc1. The van der Waals surface area contributed by atoms with Crippen LogP contribution in [0.25, 0.3) is 10.9 Å². The average molecular weight is 413 g/mol. The van der Waals surface area contributed by atoms with Crippen LogP contribution in [0.3, 0.4) is 0 Å². The third kappa shape index (κ3) is 4.46. The van der Waals surface area contributed by atoms with Crippen molar-refractivity contribution < 1.29 is 14.7 Å². The minimum absolute atomic E-state index is 0.0199. The van der Waals surface area contributed by atoms with Crippen molar-refractivity contribution in [2.24, 2.45) is 0 Å². The van der Waals surface area contributed by atoms with E-state index in [1.807, 2.05) is 31.2 Å². The fourth-order valence-electron chi connectivity index (χ4n) is 3.49. The Morgan fingerprint density at radius 3 is 2.41 bits per heavy atom. The van der Waals surface area contributed by atoms with Gasteiger partial charge in [-0.15, -0.1) is 0 Å². The molecule has 0 fully saturated rings. The van der Waals surface area contributed by atoms with Crippen LogP contribution in [0.15, 0.2) is 42.5 Å². The zero-order valence-electron chi connectivity index (χ0n) is 16.8. The Morgan fingerprint density at radius 1 is 1.14 bits per heavy atom. The zero-order valence-corrected chi connectivity index (χ0v) is 17.6. The number of amides is 1. The molecule has 6 heteroatoms. The van der Waals surface area contributed by atoms with Crippen molar-refractivity contribution in [2.75, 3.05) is 11.4 Å². The van der Waals surface area contributed by atoms with Gasteiger partial charge in [0.25, 0.3) is 0 Å². The van der Waals surface area contributed by atoms with Crippen molar-refractivity contribution >= 4 is 40.1 Å². The van der Waals surface area contributed by atoms with Crippen LogP contribution < -0.4 is 4.90 Å². The number of halogens is 1. The Bertz CT molecular complexity index is 1040. The lowest BCUT2D eigenvalue weighted by Crippen LogP contribution is -2.33. The van der Waals surface area contributed by atoms with Crippen LogP contribution in [-0.2, 0) is 11.2 Å². The van der Waals surface area contributed by atoms with E-state index in [0.717, 1.165) is 12.1 Å². The number of carbonyl (C=O) groups is 2. The van der Waals surface area contributed by atoms with Gasteiger partial charge in [0, 0.05) is 33.7 Å². The summed E-state index contributed by atoms with van der Waals surface area (Å²) in [4.78, 5) is 29.6. The lowest BCUT2D eigenvalue weighted by molar-refractivity contribution is -0.118. The molecule has 0 aliphatic carbocycles. The predicted molar refractivity (Wildman–Crippen MR) is 117 cm³/mol. The maximum Gasteiger partial charge on any atom is 0.352 e. The number of carbonyl (C=O) groups excluding carboxylic acids is 1. The molecule has 152 valence electrons. The number of nitrogens with one attached hydrogen (secondary N) is 1. The number of nitrogens with zero attached hydrogens (tertiary/aromatic N) is 1. The van der Waals surface area contributed by atoms with Gasteiger partial charge in [-0.05, 0) is 48.2 Å². The zero-order chi connectivity index (χ0) is 21.1. The van der Waals surface area contributed by atoms with Gasteiger partial charge in [0.2, 0.25) is 5.91 Å². The van der Waals surface area contributed by atoms with E-state index in [9.17, 15) is 14.7 Å². The smallest absolute Gasteiger partial charge is 0.352 e. The van der Waals surface area contributed by atoms with Gasteiger partial charge in [0.15, 0.2) is 0 Å².